The summed E-state index contributed by atoms with van der Waals surface area (Å²) in [7, 11) is -1.32. The molecule has 0 fully saturated rings. The van der Waals surface area contributed by atoms with Gasteiger partial charge in [0.2, 0.25) is 0 Å². The third-order valence-corrected chi connectivity index (χ3v) is 3.80. The number of benzene rings is 1. The van der Waals surface area contributed by atoms with E-state index in [1.807, 2.05) is 19.1 Å². The van der Waals surface area contributed by atoms with Crippen molar-refractivity contribution in [1.29, 1.82) is 0 Å². The Labute approximate surface area is 107 Å². The lowest BCUT2D eigenvalue weighted by Crippen LogP contribution is -2.01. The van der Waals surface area contributed by atoms with Crippen LogP contribution in [0.4, 0.5) is 10.1 Å². The molecule has 0 aliphatic rings. The standard InChI is InChI=1S/C13H13FN2OS/c1-9-3-2-4-10(16-9)8-18(17)11-5-6-13(15)12(14)7-11/h2-7H,8,15H2,1H3. The van der Waals surface area contributed by atoms with E-state index >= 15 is 0 Å². The summed E-state index contributed by atoms with van der Waals surface area (Å²) in [4.78, 5) is 4.69. The van der Waals surface area contributed by atoms with E-state index in [1.54, 1.807) is 12.1 Å². The maximum Gasteiger partial charge on any atom is 0.147 e. The second-order valence-corrected chi connectivity index (χ2v) is 5.39. The number of hydrogen-bond acceptors (Lipinski definition) is 3. The van der Waals surface area contributed by atoms with Gasteiger partial charge in [-0.15, -0.1) is 0 Å². The van der Waals surface area contributed by atoms with Crippen molar-refractivity contribution in [3.8, 4) is 0 Å². The number of pyridine rings is 1. The highest BCUT2D eigenvalue weighted by Crippen LogP contribution is 2.17. The van der Waals surface area contributed by atoms with Crippen LogP contribution in [0.15, 0.2) is 41.3 Å². The number of halogens is 1. The smallest absolute Gasteiger partial charge is 0.147 e. The quantitative estimate of drug-likeness (QED) is 0.866. The second kappa shape index (κ2) is 5.27. The van der Waals surface area contributed by atoms with Crippen LogP contribution in [0, 0.1) is 12.7 Å². The number of nitrogen functional groups attached to an aromatic ring is 1. The lowest BCUT2D eigenvalue weighted by Gasteiger charge is -2.04. The van der Waals surface area contributed by atoms with Gasteiger partial charge in [0, 0.05) is 10.6 Å². The third-order valence-electron chi connectivity index (χ3n) is 2.46. The van der Waals surface area contributed by atoms with Crippen molar-refractivity contribution in [3.63, 3.8) is 0 Å². The van der Waals surface area contributed by atoms with Crippen LogP contribution in [0.3, 0.4) is 0 Å². The van der Waals surface area contributed by atoms with Crippen LogP contribution >= 0.6 is 0 Å². The molecule has 0 saturated carbocycles. The first kappa shape index (κ1) is 12.7. The van der Waals surface area contributed by atoms with Crippen LogP contribution in [-0.4, -0.2) is 9.19 Å². The number of aryl methyl sites for hydroxylation is 1. The molecule has 0 amide bonds. The highest BCUT2D eigenvalue weighted by atomic mass is 32.2. The minimum atomic E-state index is -1.32. The van der Waals surface area contributed by atoms with Crippen molar-refractivity contribution >= 4 is 16.5 Å². The summed E-state index contributed by atoms with van der Waals surface area (Å²) in [6.07, 6.45) is 0. The first-order chi connectivity index (χ1) is 8.56. The summed E-state index contributed by atoms with van der Waals surface area (Å²) < 4.78 is 25.3. The molecule has 0 aliphatic heterocycles. The fraction of sp³-hybridized carbons (Fsp3) is 0.154. The van der Waals surface area contributed by atoms with E-state index in [2.05, 4.69) is 4.98 Å². The van der Waals surface area contributed by atoms with Gasteiger partial charge in [-0.2, -0.15) is 0 Å². The van der Waals surface area contributed by atoms with Gasteiger partial charge < -0.3 is 5.73 Å². The predicted molar refractivity (Wildman–Crippen MR) is 69.9 cm³/mol. The minimum Gasteiger partial charge on any atom is -0.396 e. The lowest BCUT2D eigenvalue weighted by atomic mass is 10.3. The number of anilines is 1. The van der Waals surface area contributed by atoms with Crippen molar-refractivity contribution in [3.05, 3.63) is 53.6 Å². The van der Waals surface area contributed by atoms with Crippen LogP contribution in [0.5, 0.6) is 0 Å². The maximum atomic E-state index is 13.3. The van der Waals surface area contributed by atoms with E-state index in [0.29, 0.717) is 4.90 Å². The largest absolute Gasteiger partial charge is 0.396 e. The molecule has 94 valence electrons. The molecule has 18 heavy (non-hydrogen) atoms. The molecule has 1 atom stereocenters. The van der Waals surface area contributed by atoms with E-state index in [4.69, 9.17) is 5.73 Å². The monoisotopic (exact) mass is 264 g/mol. The molecule has 5 heteroatoms. The van der Waals surface area contributed by atoms with E-state index < -0.39 is 16.6 Å². The molecule has 2 N–H and O–H groups in total. The topological polar surface area (TPSA) is 56.0 Å². The molecule has 1 unspecified atom stereocenters. The summed E-state index contributed by atoms with van der Waals surface area (Å²) in [6.45, 7) is 1.87. The van der Waals surface area contributed by atoms with Crippen molar-refractivity contribution < 1.29 is 8.60 Å². The van der Waals surface area contributed by atoms with E-state index in [9.17, 15) is 8.60 Å². The zero-order valence-corrected chi connectivity index (χ0v) is 10.7. The maximum absolute atomic E-state index is 13.3. The zero-order valence-electron chi connectivity index (χ0n) is 9.89. The van der Waals surface area contributed by atoms with E-state index in [-0.39, 0.29) is 11.4 Å². The summed E-state index contributed by atoms with van der Waals surface area (Å²) in [6, 6.07) is 9.74. The normalized spacial score (nSPS) is 12.3. The van der Waals surface area contributed by atoms with Gasteiger partial charge in [0.05, 0.1) is 27.9 Å². The number of aromatic nitrogens is 1. The third kappa shape index (κ3) is 2.92. The summed E-state index contributed by atoms with van der Waals surface area (Å²) in [5.74, 6) is -0.275. The molecule has 3 nitrogen and oxygen atoms in total. The second-order valence-electron chi connectivity index (χ2n) is 3.94. The molecule has 1 aromatic carbocycles. The van der Waals surface area contributed by atoms with Crippen molar-refractivity contribution in [2.24, 2.45) is 0 Å². The van der Waals surface area contributed by atoms with Gasteiger partial charge in [0.25, 0.3) is 0 Å². The lowest BCUT2D eigenvalue weighted by molar-refractivity contribution is 0.627. The van der Waals surface area contributed by atoms with Crippen LogP contribution in [0.1, 0.15) is 11.4 Å². The van der Waals surface area contributed by atoms with E-state index in [0.717, 1.165) is 11.4 Å². The molecule has 1 heterocycles. The van der Waals surface area contributed by atoms with Crippen LogP contribution < -0.4 is 5.73 Å². The molecule has 0 spiro atoms. The Kier molecular flexibility index (Phi) is 3.72. The molecule has 1 aromatic heterocycles. The Bertz CT molecular complexity index is 601. The highest BCUT2D eigenvalue weighted by Gasteiger charge is 2.08. The molecule has 2 aromatic rings. The van der Waals surface area contributed by atoms with Gasteiger partial charge in [-0.1, -0.05) is 6.07 Å². The van der Waals surface area contributed by atoms with Gasteiger partial charge >= 0.3 is 0 Å². The molecule has 2 rings (SSSR count). The molecular weight excluding hydrogens is 251 g/mol. The van der Waals surface area contributed by atoms with Gasteiger partial charge in [-0.3, -0.25) is 9.19 Å². The first-order valence-corrected chi connectivity index (χ1v) is 6.74. The van der Waals surface area contributed by atoms with Crippen LogP contribution in [-0.2, 0) is 16.6 Å². The molecule has 0 saturated heterocycles. The SMILES string of the molecule is Cc1cccc(CS(=O)c2ccc(N)c(F)c2)n1. The van der Waals surface area contributed by atoms with Gasteiger partial charge in [-0.25, -0.2) is 4.39 Å². The van der Waals surface area contributed by atoms with Crippen molar-refractivity contribution in [1.82, 2.24) is 4.98 Å². The van der Waals surface area contributed by atoms with Gasteiger partial charge in [0.15, 0.2) is 0 Å². The van der Waals surface area contributed by atoms with Crippen LogP contribution in [0.2, 0.25) is 0 Å². The molecule has 0 aliphatic carbocycles. The number of nitrogens with zero attached hydrogens (tertiary/aromatic N) is 1. The Morgan fingerprint density at radius 1 is 1.33 bits per heavy atom. The Balaban J connectivity index is 2.19. The average molecular weight is 264 g/mol. The fourth-order valence-corrected chi connectivity index (χ4v) is 2.60. The Hall–Kier alpha value is -1.75. The van der Waals surface area contributed by atoms with Crippen molar-refractivity contribution in [2.45, 2.75) is 17.6 Å². The minimum absolute atomic E-state index is 0.0597. The summed E-state index contributed by atoms with van der Waals surface area (Å²) in [5, 5.41) is 0. The number of hydrogen-bond donors (Lipinski definition) is 1. The summed E-state index contributed by atoms with van der Waals surface area (Å²) >= 11 is 0. The van der Waals surface area contributed by atoms with Crippen LogP contribution in [0.25, 0.3) is 0 Å². The Morgan fingerprint density at radius 3 is 2.78 bits per heavy atom. The van der Waals surface area contributed by atoms with Gasteiger partial charge in [-0.05, 0) is 37.3 Å². The van der Waals surface area contributed by atoms with Crippen molar-refractivity contribution in [2.75, 3.05) is 5.73 Å². The fourth-order valence-electron chi connectivity index (χ4n) is 1.55. The highest BCUT2D eigenvalue weighted by molar-refractivity contribution is 7.84. The average Bonchev–Trinajstić information content (AvgIpc) is 2.32. The predicted octanol–water partition coefficient (Wildman–Crippen LogP) is 2.42. The van der Waals surface area contributed by atoms with Gasteiger partial charge in [0.1, 0.15) is 5.82 Å². The molecular formula is C13H13FN2OS. The first-order valence-electron chi connectivity index (χ1n) is 5.42. The molecule has 0 radical (unpaired) electrons. The summed E-state index contributed by atoms with van der Waals surface area (Å²) in [5.41, 5.74) is 7.03. The number of nitrogens with two attached hydrogens (primary N) is 1. The molecule has 0 bridgehead atoms. The Morgan fingerprint density at radius 2 is 2.11 bits per heavy atom. The van der Waals surface area contributed by atoms with E-state index in [1.165, 1.54) is 12.1 Å². The zero-order chi connectivity index (χ0) is 13.1. The number of rotatable bonds is 3.